The fourth-order valence-electron chi connectivity index (χ4n) is 3.29. The summed E-state index contributed by atoms with van der Waals surface area (Å²) >= 11 is 1.71. The van der Waals surface area contributed by atoms with Crippen LogP contribution in [0.5, 0.6) is 0 Å². The molecule has 0 spiro atoms. The van der Waals surface area contributed by atoms with Crippen LogP contribution in [0.2, 0.25) is 0 Å². The zero-order valence-corrected chi connectivity index (χ0v) is 15.3. The van der Waals surface area contributed by atoms with Crippen LogP contribution < -0.4 is 5.43 Å². The van der Waals surface area contributed by atoms with E-state index in [9.17, 15) is 4.79 Å². The highest BCUT2D eigenvalue weighted by Gasteiger charge is 2.06. The van der Waals surface area contributed by atoms with E-state index in [4.69, 9.17) is 0 Å². The molecule has 24 heavy (non-hydrogen) atoms. The summed E-state index contributed by atoms with van der Waals surface area (Å²) in [6, 6.07) is 14.4. The highest BCUT2D eigenvalue weighted by Crippen LogP contribution is 2.25. The summed E-state index contributed by atoms with van der Waals surface area (Å²) < 4.78 is 2.18. The third-order valence-electron chi connectivity index (χ3n) is 4.71. The first-order valence-corrected chi connectivity index (χ1v) is 10.1. The lowest BCUT2D eigenvalue weighted by Gasteiger charge is -2.05. The molecule has 1 heterocycles. The fraction of sp³-hybridized carbons (Fsp3) is 0.409. The average Bonchev–Trinajstić information content (AvgIpc) is 2.61. The van der Waals surface area contributed by atoms with Crippen LogP contribution in [0.3, 0.4) is 0 Å². The van der Waals surface area contributed by atoms with Gasteiger partial charge in [0.1, 0.15) is 0 Å². The van der Waals surface area contributed by atoms with Gasteiger partial charge in [-0.05, 0) is 42.7 Å². The first-order chi connectivity index (χ1) is 11.8. The van der Waals surface area contributed by atoms with Crippen molar-refractivity contribution in [3.05, 3.63) is 58.3 Å². The quantitative estimate of drug-likeness (QED) is 0.329. The van der Waals surface area contributed by atoms with Gasteiger partial charge in [0, 0.05) is 20.2 Å². The Morgan fingerprint density at radius 1 is 0.792 bits per heavy atom. The highest BCUT2D eigenvalue weighted by molar-refractivity contribution is 7.24. The van der Waals surface area contributed by atoms with Crippen molar-refractivity contribution >= 4 is 31.5 Å². The van der Waals surface area contributed by atoms with E-state index in [-0.39, 0.29) is 5.43 Å². The molecule has 3 aromatic rings. The second-order valence-electron chi connectivity index (χ2n) is 6.63. The van der Waals surface area contributed by atoms with Crippen molar-refractivity contribution in [1.29, 1.82) is 0 Å². The molecule has 2 heteroatoms. The van der Waals surface area contributed by atoms with Gasteiger partial charge < -0.3 is 0 Å². The van der Waals surface area contributed by atoms with E-state index in [1.54, 1.807) is 11.3 Å². The molecule has 0 atom stereocenters. The molecular formula is C22H26OS. The highest BCUT2D eigenvalue weighted by atomic mass is 32.1. The predicted molar refractivity (Wildman–Crippen MR) is 107 cm³/mol. The zero-order chi connectivity index (χ0) is 16.8. The number of unbranched alkanes of at least 4 members (excludes halogenated alkanes) is 6. The van der Waals surface area contributed by atoms with Gasteiger partial charge in [0.2, 0.25) is 0 Å². The van der Waals surface area contributed by atoms with Crippen molar-refractivity contribution in [1.82, 2.24) is 0 Å². The van der Waals surface area contributed by atoms with Crippen LogP contribution in [0.4, 0.5) is 0 Å². The molecule has 1 nitrogen and oxygen atoms in total. The number of rotatable bonds is 8. The second-order valence-corrected chi connectivity index (χ2v) is 7.71. The molecule has 0 saturated heterocycles. The molecule has 0 bridgehead atoms. The maximum absolute atomic E-state index is 12.7. The largest absolute Gasteiger partial charge is 0.289 e. The minimum atomic E-state index is 0.181. The van der Waals surface area contributed by atoms with Gasteiger partial charge in [-0.15, -0.1) is 11.3 Å². The van der Waals surface area contributed by atoms with Gasteiger partial charge in [-0.2, -0.15) is 0 Å². The molecule has 0 saturated carbocycles. The Labute approximate surface area is 148 Å². The molecule has 0 aliphatic rings. The lowest BCUT2D eigenvalue weighted by Crippen LogP contribution is -2.01. The molecule has 1 aromatic heterocycles. The molecule has 0 unspecified atom stereocenters. The van der Waals surface area contributed by atoms with Crippen LogP contribution >= 0.6 is 11.3 Å². The Morgan fingerprint density at radius 2 is 1.50 bits per heavy atom. The Kier molecular flexibility index (Phi) is 6.03. The molecule has 0 aliphatic heterocycles. The minimum Gasteiger partial charge on any atom is -0.289 e. The summed E-state index contributed by atoms with van der Waals surface area (Å²) in [5.41, 5.74) is 1.48. The Hall–Kier alpha value is -1.67. The molecular weight excluding hydrogens is 312 g/mol. The van der Waals surface area contributed by atoms with E-state index in [1.807, 2.05) is 24.3 Å². The molecule has 0 N–H and O–H groups in total. The maximum Gasteiger partial charge on any atom is 0.195 e. The number of aryl methyl sites for hydroxylation is 1. The van der Waals surface area contributed by atoms with Crippen LogP contribution in [-0.4, -0.2) is 0 Å². The van der Waals surface area contributed by atoms with Crippen LogP contribution in [-0.2, 0) is 6.42 Å². The third-order valence-corrected chi connectivity index (χ3v) is 5.86. The van der Waals surface area contributed by atoms with E-state index in [1.165, 1.54) is 50.5 Å². The van der Waals surface area contributed by atoms with Crippen molar-refractivity contribution < 1.29 is 0 Å². The van der Waals surface area contributed by atoms with Crippen molar-refractivity contribution in [3.8, 4) is 0 Å². The smallest absolute Gasteiger partial charge is 0.195 e. The second kappa shape index (κ2) is 8.43. The SMILES string of the molecule is CCCCCCCCCc1ccc2sc3ccccc3c(=O)c2c1. The molecule has 126 valence electrons. The van der Waals surface area contributed by atoms with E-state index in [0.29, 0.717) is 0 Å². The molecule has 0 aliphatic carbocycles. The van der Waals surface area contributed by atoms with Crippen molar-refractivity contribution in [2.24, 2.45) is 0 Å². The molecule has 0 radical (unpaired) electrons. The number of benzene rings is 2. The van der Waals surface area contributed by atoms with E-state index in [0.717, 1.165) is 26.6 Å². The maximum atomic E-state index is 12.7. The molecule has 0 amide bonds. The molecule has 0 fully saturated rings. The number of hydrogen-bond acceptors (Lipinski definition) is 2. The Balaban J connectivity index is 1.68. The number of fused-ring (bicyclic) bond motifs is 2. The fourth-order valence-corrected chi connectivity index (χ4v) is 4.34. The van der Waals surface area contributed by atoms with Crippen molar-refractivity contribution in [3.63, 3.8) is 0 Å². The summed E-state index contributed by atoms with van der Waals surface area (Å²) in [6.45, 7) is 2.26. The van der Waals surface area contributed by atoms with Gasteiger partial charge in [0.05, 0.1) is 0 Å². The van der Waals surface area contributed by atoms with Gasteiger partial charge in [-0.1, -0.05) is 63.6 Å². The normalized spacial score (nSPS) is 11.4. The minimum absolute atomic E-state index is 0.181. The van der Waals surface area contributed by atoms with Crippen LogP contribution in [0.15, 0.2) is 47.3 Å². The molecule has 3 rings (SSSR count). The van der Waals surface area contributed by atoms with Crippen molar-refractivity contribution in [2.75, 3.05) is 0 Å². The first kappa shape index (κ1) is 17.2. The average molecular weight is 339 g/mol. The van der Waals surface area contributed by atoms with E-state index >= 15 is 0 Å². The first-order valence-electron chi connectivity index (χ1n) is 9.24. The van der Waals surface area contributed by atoms with Gasteiger partial charge in [0.25, 0.3) is 0 Å². The van der Waals surface area contributed by atoms with Gasteiger partial charge >= 0.3 is 0 Å². The lowest BCUT2D eigenvalue weighted by molar-refractivity contribution is 0.589. The predicted octanol–water partition coefficient (Wildman–Crippen LogP) is 6.71. The van der Waals surface area contributed by atoms with Gasteiger partial charge in [-0.25, -0.2) is 0 Å². The summed E-state index contributed by atoms with van der Waals surface area (Å²) in [5, 5.41) is 1.74. The standard InChI is InChI=1S/C22H26OS/c1-2-3-4-5-6-7-8-11-17-14-15-21-19(16-17)22(23)18-12-9-10-13-20(18)24-21/h9-10,12-16H,2-8,11H2,1H3. The van der Waals surface area contributed by atoms with Gasteiger partial charge in [0.15, 0.2) is 5.43 Å². The monoisotopic (exact) mass is 338 g/mol. The number of hydrogen-bond donors (Lipinski definition) is 0. The zero-order valence-electron chi connectivity index (χ0n) is 14.5. The van der Waals surface area contributed by atoms with E-state index in [2.05, 4.69) is 25.1 Å². The molecule has 2 aromatic carbocycles. The van der Waals surface area contributed by atoms with Crippen LogP contribution in [0, 0.1) is 0 Å². The van der Waals surface area contributed by atoms with E-state index < -0.39 is 0 Å². The summed E-state index contributed by atoms with van der Waals surface area (Å²) in [5.74, 6) is 0. The van der Waals surface area contributed by atoms with Gasteiger partial charge in [-0.3, -0.25) is 4.79 Å². The summed E-state index contributed by atoms with van der Waals surface area (Å²) in [7, 11) is 0. The summed E-state index contributed by atoms with van der Waals surface area (Å²) in [6.07, 6.45) is 10.4. The van der Waals surface area contributed by atoms with Crippen LogP contribution in [0.25, 0.3) is 20.2 Å². The topological polar surface area (TPSA) is 17.1 Å². The third kappa shape index (κ3) is 4.05. The van der Waals surface area contributed by atoms with Crippen molar-refractivity contribution in [2.45, 2.75) is 58.3 Å². The summed E-state index contributed by atoms with van der Waals surface area (Å²) in [4.78, 5) is 12.7. The lowest BCUT2D eigenvalue weighted by atomic mass is 10.0. The Bertz CT molecular complexity index is 863. The van der Waals surface area contributed by atoms with Crippen LogP contribution in [0.1, 0.15) is 57.4 Å². The Morgan fingerprint density at radius 3 is 2.33 bits per heavy atom.